The van der Waals surface area contributed by atoms with Crippen molar-refractivity contribution >= 4 is 17.5 Å². The van der Waals surface area contributed by atoms with Gasteiger partial charge in [-0.1, -0.05) is 16.8 Å². The van der Waals surface area contributed by atoms with Crippen molar-refractivity contribution < 1.29 is 14.1 Å². The summed E-state index contributed by atoms with van der Waals surface area (Å²) in [4.78, 5) is 17.5. The lowest BCUT2D eigenvalue weighted by atomic mass is 10.1. The predicted molar refractivity (Wildman–Crippen MR) is 66.1 cm³/mol. The van der Waals surface area contributed by atoms with Crippen molar-refractivity contribution in [2.75, 3.05) is 13.1 Å². The molecule has 1 fully saturated rings. The molecule has 0 unspecified atom stereocenters. The van der Waals surface area contributed by atoms with Crippen molar-refractivity contribution in [2.45, 2.75) is 6.10 Å². The van der Waals surface area contributed by atoms with Crippen LogP contribution >= 0.6 is 11.6 Å². The van der Waals surface area contributed by atoms with E-state index < -0.39 is 0 Å². The van der Waals surface area contributed by atoms with Crippen molar-refractivity contribution in [3.63, 3.8) is 0 Å². The number of pyridine rings is 1. The maximum Gasteiger partial charge on any atom is 0.292 e. The highest BCUT2D eigenvalue weighted by molar-refractivity contribution is 6.31. The molecule has 19 heavy (non-hydrogen) atoms. The summed E-state index contributed by atoms with van der Waals surface area (Å²) in [5, 5.41) is 3.96. The van der Waals surface area contributed by atoms with Crippen LogP contribution in [-0.4, -0.2) is 40.1 Å². The van der Waals surface area contributed by atoms with Crippen molar-refractivity contribution in [1.29, 1.82) is 0 Å². The van der Waals surface area contributed by atoms with E-state index in [1.807, 2.05) is 0 Å². The predicted octanol–water partition coefficient (Wildman–Crippen LogP) is 1.63. The second-order valence-corrected chi connectivity index (χ2v) is 4.52. The average Bonchev–Trinajstić information content (AvgIpc) is 2.88. The van der Waals surface area contributed by atoms with E-state index in [9.17, 15) is 4.79 Å². The molecule has 7 heteroatoms. The molecule has 0 radical (unpaired) electrons. The molecule has 0 saturated carbocycles. The van der Waals surface area contributed by atoms with Crippen molar-refractivity contribution in [2.24, 2.45) is 0 Å². The van der Waals surface area contributed by atoms with Crippen LogP contribution in [0.5, 0.6) is 5.88 Å². The van der Waals surface area contributed by atoms with E-state index in [0.29, 0.717) is 24.0 Å². The van der Waals surface area contributed by atoms with Crippen molar-refractivity contribution in [3.05, 3.63) is 41.4 Å². The van der Waals surface area contributed by atoms with E-state index in [1.54, 1.807) is 23.2 Å². The molecule has 1 aliphatic heterocycles. The van der Waals surface area contributed by atoms with Gasteiger partial charge in [-0.2, -0.15) is 0 Å². The van der Waals surface area contributed by atoms with Crippen LogP contribution < -0.4 is 4.74 Å². The van der Waals surface area contributed by atoms with Crippen LogP contribution in [0.4, 0.5) is 0 Å². The highest BCUT2D eigenvalue weighted by atomic mass is 35.5. The molecule has 98 valence electrons. The summed E-state index contributed by atoms with van der Waals surface area (Å²) in [6.07, 6.45) is 2.95. The fourth-order valence-electron chi connectivity index (χ4n) is 1.78. The Hall–Kier alpha value is -2.08. The number of aromatic nitrogens is 2. The van der Waals surface area contributed by atoms with Crippen molar-refractivity contribution in [1.82, 2.24) is 15.0 Å². The Morgan fingerprint density at radius 3 is 2.95 bits per heavy atom. The van der Waals surface area contributed by atoms with Crippen LogP contribution in [0.15, 0.2) is 35.1 Å². The molecule has 6 nitrogen and oxygen atoms in total. The SMILES string of the molecule is O=C(c1ccno1)N1CC(Oc2ncccc2Cl)C1. The highest BCUT2D eigenvalue weighted by Crippen LogP contribution is 2.24. The fourth-order valence-corrected chi connectivity index (χ4v) is 1.94. The number of hydrogen-bond acceptors (Lipinski definition) is 5. The van der Waals surface area contributed by atoms with Gasteiger partial charge in [0, 0.05) is 12.3 Å². The third kappa shape index (κ3) is 2.39. The Morgan fingerprint density at radius 1 is 1.42 bits per heavy atom. The van der Waals surface area contributed by atoms with Crippen LogP contribution in [0.1, 0.15) is 10.6 Å². The number of carbonyl (C=O) groups excluding carboxylic acids is 1. The summed E-state index contributed by atoms with van der Waals surface area (Å²) >= 11 is 5.94. The number of rotatable bonds is 3. The minimum Gasteiger partial charge on any atom is -0.470 e. The summed E-state index contributed by atoms with van der Waals surface area (Å²) < 4.78 is 10.4. The van der Waals surface area contributed by atoms with E-state index >= 15 is 0 Å². The lowest BCUT2D eigenvalue weighted by Crippen LogP contribution is -2.56. The molecule has 2 aromatic heterocycles. The van der Waals surface area contributed by atoms with Gasteiger partial charge in [-0.3, -0.25) is 4.79 Å². The molecule has 1 saturated heterocycles. The third-order valence-corrected chi connectivity index (χ3v) is 3.07. The number of carbonyl (C=O) groups is 1. The molecule has 1 amide bonds. The summed E-state index contributed by atoms with van der Waals surface area (Å²) in [5.41, 5.74) is 0. The quantitative estimate of drug-likeness (QED) is 0.854. The summed E-state index contributed by atoms with van der Waals surface area (Å²) in [5.74, 6) is 0.430. The molecule has 0 bridgehead atoms. The molecule has 0 N–H and O–H groups in total. The van der Waals surface area contributed by atoms with Gasteiger partial charge in [0.1, 0.15) is 11.1 Å². The first-order valence-corrected chi connectivity index (χ1v) is 6.09. The average molecular weight is 280 g/mol. The van der Waals surface area contributed by atoms with Gasteiger partial charge in [0.25, 0.3) is 5.91 Å². The zero-order chi connectivity index (χ0) is 13.2. The maximum absolute atomic E-state index is 11.8. The number of halogens is 1. The van der Waals surface area contributed by atoms with Gasteiger partial charge in [0.05, 0.1) is 19.3 Å². The van der Waals surface area contributed by atoms with Gasteiger partial charge >= 0.3 is 0 Å². The lowest BCUT2D eigenvalue weighted by Gasteiger charge is -2.37. The minimum absolute atomic E-state index is 0.0979. The Morgan fingerprint density at radius 2 is 2.26 bits per heavy atom. The van der Waals surface area contributed by atoms with Gasteiger partial charge in [-0.15, -0.1) is 0 Å². The van der Waals surface area contributed by atoms with Crippen molar-refractivity contribution in [3.8, 4) is 5.88 Å². The standard InChI is InChI=1S/C12H10ClN3O3/c13-9-2-1-4-14-11(9)18-8-6-16(7-8)12(17)10-3-5-15-19-10/h1-5,8H,6-7H2. The molecule has 3 rings (SSSR count). The van der Waals surface area contributed by atoms with Crippen LogP contribution in [0.25, 0.3) is 0 Å². The van der Waals surface area contributed by atoms with Crippen LogP contribution in [-0.2, 0) is 0 Å². The number of amides is 1. The Bertz CT molecular complexity index is 582. The van der Waals surface area contributed by atoms with Crippen LogP contribution in [0.3, 0.4) is 0 Å². The van der Waals surface area contributed by atoms with Gasteiger partial charge in [-0.05, 0) is 12.1 Å². The first-order valence-electron chi connectivity index (χ1n) is 5.71. The Labute approximate surface area is 113 Å². The molecule has 2 aromatic rings. The van der Waals surface area contributed by atoms with Gasteiger partial charge in [0.2, 0.25) is 11.6 Å². The van der Waals surface area contributed by atoms with Gasteiger partial charge in [-0.25, -0.2) is 4.98 Å². The van der Waals surface area contributed by atoms with Gasteiger partial charge < -0.3 is 14.2 Å². The normalized spacial score (nSPS) is 15.1. The van der Waals surface area contributed by atoms with E-state index in [-0.39, 0.29) is 17.8 Å². The Balaban J connectivity index is 1.56. The molecular formula is C12H10ClN3O3. The zero-order valence-electron chi connectivity index (χ0n) is 9.82. The first-order chi connectivity index (χ1) is 9.24. The smallest absolute Gasteiger partial charge is 0.292 e. The number of hydrogen-bond donors (Lipinski definition) is 0. The van der Waals surface area contributed by atoms with Gasteiger partial charge in [0.15, 0.2) is 0 Å². The number of nitrogens with zero attached hydrogens (tertiary/aromatic N) is 3. The third-order valence-electron chi connectivity index (χ3n) is 2.79. The lowest BCUT2D eigenvalue weighted by molar-refractivity contribution is 0.0133. The molecule has 1 aliphatic rings. The second kappa shape index (κ2) is 4.89. The largest absolute Gasteiger partial charge is 0.470 e. The maximum atomic E-state index is 11.8. The van der Waals surface area contributed by atoms with Crippen LogP contribution in [0, 0.1) is 0 Å². The van der Waals surface area contributed by atoms with E-state index in [2.05, 4.69) is 10.1 Å². The zero-order valence-corrected chi connectivity index (χ0v) is 10.6. The molecule has 0 aliphatic carbocycles. The van der Waals surface area contributed by atoms with E-state index in [1.165, 1.54) is 12.3 Å². The fraction of sp³-hybridized carbons (Fsp3) is 0.250. The molecule has 0 atom stereocenters. The summed E-state index contributed by atoms with van der Waals surface area (Å²) in [7, 11) is 0. The summed E-state index contributed by atoms with van der Waals surface area (Å²) in [6, 6.07) is 4.97. The molecule has 0 aromatic carbocycles. The first kappa shape index (κ1) is 12.0. The minimum atomic E-state index is -0.190. The monoisotopic (exact) mass is 279 g/mol. The van der Waals surface area contributed by atoms with E-state index in [0.717, 1.165) is 0 Å². The van der Waals surface area contributed by atoms with E-state index in [4.69, 9.17) is 20.9 Å². The second-order valence-electron chi connectivity index (χ2n) is 4.12. The molecule has 0 spiro atoms. The van der Waals surface area contributed by atoms with Crippen LogP contribution in [0.2, 0.25) is 5.02 Å². The Kier molecular flexibility index (Phi) is 3.08. The highest BCUT2D eigenvalue weighted by Gasteiger charge is 2.34. The molecule has 3 heterocycles. The number of likely N-dealkylation sites (tertiary alicyclic amines) is 1. The topological polar surface area (TPSA) is 68.5 Å². The number of ether oxygens (including phenoxy) is 1. The summed E-state index contributed by atoms with van der Waals surface area (Å²) in [6.45, 7) is 0.957. The molecular weight excluding hydrogens is 270 g/mol.